The molecule has 0 saturated carbocycles. The Bertz CT molecular complexity index is 1440. The lowest BCUT2D eigenvalue weighted by Gasteiger charge is -2.29. The van der Waals surface area contributed by atoms with Crippen LogP contribution in [0.5, 0.6) is 0 Å². The van der Waals surface area contributed by atoms with E-state index in [0.29, 0.717) is 21.7 Å². The number of benzene rings is 2. The summed E-state index contributed by atoms with van der Waals surface area (Å²) in [6, 6.07) is 22.6. The smallest absolute Gasteiger partial charge is 0.226 e. The molecule has 0 spiro atoms. The summed E-state index contributed by atoms with van der Waals surface area (Å²) in [5.41, 5.74) is 4.49. The number of anilines is 1. The Hall–Kier alpha value is -3.39. The highest BCUT2D eigenvalue weighted by Crippen LogP contribution is 2.40. The maximum atomic E-state index is 12.8. The van der Waals surface area contributed by atoms with E-state index in [1.54, 1.807) is 12.3 Å². The molecule has 9 heteroatoms. The summed E-state index contributed by atoms with van der Waals surface area (Å²) in [5, 5.41) is 8.10. The van der Waals surface area contributed by atoms with Crippen LogP contribution in [-0.2, 0) is 4.79 Å². The van der Waals surface area contributed by atoms with Crippen molar-refractivity contribution in [2.75, 3.05) is 11.9 Å². The quantitative estimate of drug-likeness (QED) is 0.258. The number of halogens is 2. The molecule has 1 aliphatic heterocycles. The molecule has 1 amide bonds. The Morgan fingerprint density at radius 2 is 1.95 bits per heavy atom. The highest BCUT2D eigenvalue weighted by molar-refractivity contribution is 7.80. The van der Waals surface area contributed by atoms with Gasteiger partial charge in [-0.1, -0.05) is 41.4 Å². The zero-order chi connectivity index (χ0) is 25.9. The predicted octanol–water partition coefficient (Wildman–Crippen LogP) is 6.49. The van der Waals surface area contributed by atoms with Gasteiger partial charge >= 0.3 is 0 Å². The lowest BCUT2D eigenvalue weighted by molar-refractivity contribution is -0.116. The van der Waals surface area contributed by atoms with E-state index in [1.807, 2.05) is 84.4 Å². The summed E-state index contributed by atoms with van der Waals surface area (Å²) < 4.78 is 2.04. The molecule has 37 heavy (non-hydrogen) atoms. The first-order valence-corrected chi connectivity index (χ1v) is 13.0. The molecule has 1 aliphatic rings. The fraction of sp³-hybridized carbons (Fsp3) is 0.179. The molecule has 2 aromatic heterocycles. The SMILES string of the molecule is Cc1cccc(NC(=O)CCN2C(=S)NC(c3ccccn3)C2c2cccn2-c2ccc(Cl)cc2Cl)c1. The van der Waals surface area contributed by atoms with E-state index in [9.17, 15) is 4.79 Å². The molecule has 4 aromatic rings. The van der Waals surface area contributed by atoms with Crippen molar-refractivity contribution in [1.29, 1.82) is 0 Å². The van der Waals surface area contributed by atoms with Crippen molar-refractivity contribution in [3.8, 4) is 5.69 Å². The highest BCUT2D eigenvalue weighted by Gasteiger charge is 2.41. The summed E-state index contributed by atoms with van der Waals surface area (Å²) in [4.78, 5) is 19.5. The first-order chi connectivity index (χ1) is 17.9. The molecule has 1 fully saturated rings. The van der Waals surface area contributed by atoms with E-state index in [4.69, 9.17) is 35.4 Å². The van der Waals surface area contributed by atoms with Crippen LogP contribution in [-0.4, -0.2) is 32.0 Å². The third-order valence-electron chi connectivity index (χ3n) is 6.33. The minimum atomic E-state index is -0.226. The minimum Gasteiger partial charge on any atom is -0.352 e. The van der Waals surface area contributed by atoms with Crippen LogP contribution >= 0.6 is 35.4 Å². The molecule has 0 radical (unpaired) electrons. The number of amides is 1. The number of nitrogens with zero attached hydrogens (tertiary/aromatic N) is 3. The first kappa shape index (κ1) is 25.3. The van der Waals surface area contributed by atoms with Gasteiger partial charge in [-0.2, -0.15) is 0 Å². The van der Waals surface area contributed by atoms with Crippen LogP contribution in [0.3, 0.4) is 0 Å². The van der Waals surface area contributed by atoms with Gasteiger partial charge in [-0.15, -0.1) is 0 Å². The van der Waals surface area contributed by atoms with Gasteiger partial charge in [-0.05, 0) is 79.3 Å². The monoisotopic (exact) mass is 549 g/mol. The number of hydrogen-bond acceptors (Lipinski definition) is 3. The van der Waals surface area contributed by atoms with Gasteiger partial charge in [0.05, 0.1) is 28.5 Å². The van der Waals surface area contributed by atoms with Gasteiger partial charge in [0.1, 0.15) is 0 Å². The number of nitrogens with one attached hydrogen (secondary N) is 2. The third-order valence-corrected chi connectivity index (χ3v) is 7.22. The molecule has 2 unspecified atom stereocenters. The van der Waals surface area contributed by atoms with E-state index < -0.39 is 0 Å². The van der Waals surface area contributed by atoms with Crippen LogP contribution < -0.4 is 10.6 Å². The van der Waals surface area contributed by atoms with Crippen LogP contribution in [0.2, 0.25) is 10.0 Å². The summed E-state index contributed by atoms with van der Waals surface area (Å²) in [5.74, 6) is -0.0791. The van der Waals surface area contributed by atoms with Crippen molar-refractivity contribution in [2.24, 2.45) is 0 Å². The molecule has 0 bridgehead atoms. The van der Waals surface area contributed by atoms with Crippen LogP contribution in [0.25, 0.3) is 5.69 Å². The van der Waals surface area contributed by atoms with Gasteiger partial charge in [-0.25, -0.2) is 0 Å². The molecule has 5 rings (SSSR count). The number of pyridine rings is 1. The standard InChI is InChI=1S/C28H25Cl2N5OS/c1-18-6-4-7-20(16-18)32-25(36)12-15-35-27(26(33-28(35)37)22-8-2-3-13-31-22)24-9-5-14-34(24)23-11-10-19(29)17-21(23)30/h2-11,13-14,16-17,26-27H,12,15H2,1H3,(H,32,36)(H,33,37). The van der Waals surface area contributed by atoms with Crippen LogP contribution in [0.15, 0.2) is 85.2 Å². The number of aromatic nitrogens is 2. The Balaban J connectivity index is 1.46. The fourth-order valence-corrected chi connectivity index (χ4v) is 5.50. The van der Waals surface area contributed by atoms with Gasteiger partial charge < -0.3 is 20.1 Å². The number of carbonyl (C=O) groups is 1. The fourth-order valence-electron chi connectivity index (χ4n) is 4.67. The average molecular weight is 551 g/mol. The lowest BCUT2D eigenvalue weighted by Crippen LogP contribution is -2.33. The zero-order valence-electron chi connectivity index (χ0n) is 20.1. The van der Waals surface area contributed by atoms with Crippen LogP contribution in [0, 0.1) is 6.92 Å². The van der Waals surface area contributed by atoms with Crippen molar-refractivity contribution < 1.29 is 4.79 Å². The van der Waals surface area contributed by atoms with Gasteiger partial charge in [-0.3, -0.25) is 9.78 Å². The van der Waals surface area contributed by atoms with Crippen molar-refractivity contribution >= 4 is 52.1 Å². The van der Waals surface area contributed by atoms with Crippen molar-refractivity contribution in [3.05, 3.63) is 112 Å². The Kier molecular flexibility index (Phi) is 7.46. The highest BCUT2D eigenvalue weighted by atomic mass is 35.5. The molecule has 0 aliphatic carbocycles. The van der Waals surface area contributed by atoms with E-state index in [2.05, 4.69) is 20.5 Å². The number of thiocarbonyl (C=S) groups is 1. The van der Waals surface area contributed by atoms with Crippen molar-refractivity contribution in [3.63, 3.8) is 0 Å². The second-order valence-corrected chi connectivity index (χ2v) is 10.1. The Morgan fingerprint density at radius 1 is 1.08 bits per heavy atom. The second kappa shape index (κ2) is 10.9. The molecular formula is C28H25Cl2N5OS. The molecule has 188 valence electrons. The minimum absolute atomic E-state index is 0.0791. The maximum absolute atomic E-state index is 12.8. The predicted molar refractivity (Wildman–Crippen MR) is 152 cm³/mol. The summed E-state index contributed by atoms with van der Waals surface area (Å²) in [6.07, 6.45) is 4.00. The molecule has 1 saturated heterocycles. The Morgan fingerprint density at radius 3 is 2.70 bits per heavy atom. The van der Waals surface area contributed by atoms with Crippen LogP contribution in [0.4, 0.5) is 5.69 Å². The number of carbonyl (C=O) groups excluding carboxylic acids is 1. The van der Waals surface area contributed by atoms with Gasteiger partial charge in [0.2, 0.25) is 5.91 Å². The maximum Gasteiger partial charge on any atom is 0.226 e. The van der Waals surface area contributed by atoms with Crippen molar-refractivity contribution in [2.45, 2.75) is 25.4 Å². The Labute approximate surface area is 231 Å². The molecular weight excluding hydrogens is 525 g/mol. The summed E-state index contributed by atoms with van der Waals surface area (Å²) in [7, 11) is 0. The zero-order valence-corrected chi connectivity index (χ0v) is 22.4. The lowest BCUT2D eigenvalue weighted by atomic mass is 10.0. The van der Waals surface area contributed by atoms with Gasteiger partial charge in [0, 0.05) is 41.8 Å². The number of hydrogen-bond donors (Lipinski definition) is 2. The number of rotatable bonds is 7. The third kappa shape index (κ3) is 5.49. The van der Waals surface area contributed by atoms with Gasteiger partial charge in [0.25, 0.3) is 0 Å². The number of aryl methyl sites for hydroxylation is 1. The molecule has 2 N–H and O–H groups in total. The van der Waals surface area contributed by atoms with Crippen molar-refractivity contribution in [1.82, 2.24) is 19.8 Å². The molecule has 2 atom stereocenters. The normalized spacial score (nSPS) is 17.1. The summed E-state index contributed by atoms with van der Waals surface area (Å²) >= 11 is 18.5. The van der Waals surface area contributed by atoms with E-state index in [-0.39, 0.29) is 24.4 Å². The molecule has 2 aromatic carbocycles. The van der Waals surface area contributed by atoms with Crippen LogP contribution in [0.1, 0.15) is 35.5 Å². The first-order valence-electron chi connectivity index (χ1n) is 11.9. The molecule has 6 nitrogen and oxygen atoms in total. The average Bonchev–Trinajstić information content (AvgIpc) is 3.47. The van der Waals surface area contributed by atoms with E-state index in [0.717, 1.165) is 28.3 Å². The second-order valence-electron chi connectivity index (χ2n) is 8.89. The molecule has 3 heterocycles. The summed E-state index contributed by atoms with van der Waals surface area (Å²) in [6.45, 7) is 2.42. The largest absolute Gasteiger partial charge is 0.352 e. The van der Waals surface area contributed by atoms with E-state index in [1.165, 1.54) is 0 Å². The van der Waals surface area contributed by atoms with Gasteiger partial charge in [0.15, 0.2) is 5.11 Å². The topological polar surface area (TPSA) is 62.2 Å². The van der Waals surface area contributed by atoms with E-state index >= 15 is 0 Å².